The van der Waals surface area contributed by atoms with Gasteiger partial charge in [-0.3, -0.25) is 0 Å². The van der Waals surface area contributed by atoms with Gasteiger partial charge in [0.1, 0.15) is 0 Å². The van der Waals surface area contributed by atoms with E-state index >= 15 is 0 Å². The molecule has 0 aliphatic rings. The van der Waals surface area contributed by atoms with Crippen LogP contribution in [0.25, 0.3) is 0 Å². The molecular weight excluding hydrogens is 252 g/mol. The molecule has 0 spiro atoms. The quantitative estimate of drug-likeness (QED) is 0.770. The third kappa shape index (κ3) is 4.94. The zero-order chi connectivity index (χ0) is 13.5. The molecule has 1 rings (SSSR count). The normalized spacial score (nSPS) is 12.0. The van der Waals surface area contributed by atoms with E-state index in [-0.39, 0.29) is 18.7 Å². The van der Waals surface area contributed by atoms with Gasteiger partial charge in [-0.2, -0.15) is 0 Å². The highest BCUT2D eigenvalue weighted by atomic mass is 35.5. The lowest BCUT2D eigenvalue weighted by molar-refractivity contribution is 0.245. The molecule has 5 heteroatoms. The van der Waals surface area contributed by atoms with Crippen molar-refractivity contribution < 1.29 is 9.90 Å². The van der Waals surface area contributed by atoms with Crippen molar-refractivity contribution in [3.8, 4) is 0 Å². The lowest BCUT2D eigenvalue weighted by Gasteiger charge is -2.14. The summed E-state index contributed by atoms with van der Waals surface area (Å²) in [7, 11) is 0. The molecule has 0 aromatic heterocycles. The van der Waals surface area contributed by atoms with Gasteiger partial charge in [0.2, 0.25) is 0 Å². The van der Waals surface area contributed by atoms with E-state index in [2.05, 4.69) is 10.6 Å². The number of amides is 2. The maximum Gasteiger partial charge on any atom is 0.319 e. The average molecular weight is 271 g/mol. The summed E-state index contributed by atoms with van der Waals surface area (Å²) in [6.07, 6.45) is 1.43. The van der Waals surface area contributed by atoms with Crippen molar-refractivity contribution in [2.24, 2.45) is 0 Å². The van der Waals surface area contributed by atoms with Gasteiger partial charge in [-0.1, -0.05) is 17.7 Å². The number of benzene rings is 1. The number of urea groups is 1. The maximum absolute atomic E-state index is 11.7. The predicted molar refractivity (Wildman–Crippen MR) is 74.1 cm³/mol. The second-order valence-electron chi connectivity index (χ2n) is 4.33. The fourth-order valence-corrected chi connectivity index (χ4v) is 1.71. The summed E-state index contributed by atoms with van der Waals surface area (Å²) in [4.78, 5) is 11.7. The number of carbonyl (C=O) groups excluding carboxylic acids is 1. The zero-order valence-electron chi connectivity index (χ0n) is 10.7. The van der Waals surface area contributed by atoms with Gasteiger partial charge in [0.15, 0.2) is 0 Å². The van der Waals surface area contributed by atoms with Crippen molar-refractivity contribution in [1.82, 2.24) is 5.32 Å². The first-order valence-electron chi connectivity index (χ1n) is 5.97. The first-order chi connectivity index (χ1) is 8.52. The summed E-state index contributed by atoms with van der Waals surface area (Å²) < 4.78 is 0. The zero-order valence-corrected chi connectivity index (χ0v) is 11.4. The van der Waals surface area contributed by atoms with Gasteiger partial charge in [-0.05, 0) is 44.4 Å². The molecule has 0 bridgehead atoms. The lowest BCUT2D eigenvalue weighted by atomic mass is 10.2. The monoisotopic (exact) mass is 270 g/mol. The Labute approximate surface area is 112 Å². The van der Waals surface area contributed by atoms with E-state index in [0.29, 0.717) is 17.1 Å². The molecule has 4 nitrogen and oxygen atoms in total. The minimum absolute atomic E-state index is 0.0260. The molecule has 1 aromatic carbocycles. The Kier molecular flexibility index (Phi) is 5.95. The third-order valence-corrected chi connectivity index (χ3v) is 3.01. The van der Waals surface area contributed by atoms with Crippen molar-refractivity contribution >= 4 is 23.3 Å². The average Bonchev–Trinajstić information content (AvgIpc) is 2.31. The van der Waals surface area contributed by atoms with E-state index < -0.39 is 0 Å². The van der Waals surface area contributed by atoms with Crippen LogP contribution in [0.1, 0.15) is 25.3 Å². The highest BCUT2D eigenvalue weighted by Gasteiger charge is 2.07. The predicted octanol–water partition coefficient (Wildman–Crippen LogP) is 2.93. The van der Waals surface area contributed by atoms with Gasteiger partial charge < -0.3 is 15.7 Å². The van der Waals surface area contributed by atoms with Crippen molar-refractivity contribution in [3.63, 3.8) is 0 Å². The van der Waals surface area contributed by atoms with Crippen LogP contribution in [0.5, 0.6) is 0 Å². The molecule has 3 N–H and O–H groups in total. The molecule has 0 saturated heterocycles. The lowest BCUT2D eigenvalue weighted by Crippen LogP contribution is -2.36. The first-order valence-corrected chi connectivity index (χ1v) is 6.35. The Morgan fingerprint density at radius 1 is 1.50 bits per heavy atom. The van der Waals surface area contributed by atoms with E-state index in [1.807, 2.05) is 19.9 Å². The maximum atomic E-state index is 11.7. The summed E-state index contributed by atoms with van der Waals surface area (Å²) in [6.45, 7) is 3.95. The molecule has 1 atom stereocenters. The first kappa shape index (κ1) is 14.8. The topological polar surface area (TPSA) is 61.4 Å². The van der Waals surface area contributed by atoms with Crippen molar-refractivity contribution in [3.05, 3.63) is 28.8 Å². The number of aliphatic hydroxyl groups excluding tert-OH is 1. The number of hydrogen-bond donors (Lipinski definition) is 3. The summed E-state index contributed by atoms with van der Waals surface area (Å²) in [6, 6.07) is 5.14. The van der Waals surface area contributed by atoms with Crippen molar-refractivity contribution in [2.75, 3.05) is 11.9 Å². The molecule has 2 amide bonds. The molecule has 0 fully saturated rings. The van der Waals surface area contributed by atoms with Crippen LogP contribution in [-0.4, -0.2) is 23.8 Å². The van der Waals surface area contributed by atoms with Gasteiger partial charge in [0.25, 0.3) is 0 Å². The Bertz CT molecular complexity index is 410. The summed E-state index contributed by atoms with van der Waals surface area (Å²) in [5.41, 5.74) is 1.64. The van der Waals surface area contributed by atoms with Gasteiger partial charge in [-0.25, -0.2) is 4.79 Å². The highest BCUT2D eigenvalue weighted by molar-refractivity contribution is 6.31. The largest absolute Gasteiger partial charge is 0.396 e. The smallest absolute Gasteiger partial charge is 0.319 e. The number of rotatable bonds is 5. The molecule has 0 saturated carbocycles. The highest BCUT2D eigenvalue weighted by Crippen LogP contribution is 2.19. The third-order valence-electron chi connectivity index (χ3n) is 2.60. The molecule has 0 unspecified atom stereocenters. The van der Waals surface area contributed by atoms with E-state index in [0.717, 1.165) is 12.0 Å². The fraction of sp³-hybridized carbons (Fsp3) is 0.462. The second kappa shape index (κ2) is 7.24. The number of hydrogen-bond acceptors (Lipinski definition) is 2. The minimum atomic E-state index is -0.264. The Morgan fingerprint density at radius 2 is 2.22 bits per heavy atom. The molecule has 0 radical (unpaired) electrons. The molecule has 18 heavy (non-hydrogen) atoms. The van der Waals surface area contributed by atoms with Gasteiger partial charge in [0.05, 0.1) is 0 Å². The van der Waals surface area contributed by atoms with Crippen molar-refractivity contribution in [2.45, 2.75) is 32.7 Å². The SMILES string of the molecule is Cc1ccc(NC(=O)N[C@@H](C)CCCO)cc1Cl. The van der Waals surface area contributed by atoms with Crippen LogP contribution in [0, 0.1) is 6.92 Å². The molecule has 0 aliphatic heterocycles. The van der Waals surface area contributed by atoms with Crippen LogP contribution >= 0.6 is 11.6 Å². The summed E-state index contributed by atoms with van der Waals surface area (Å²) in [5.74, 6) is 0. The summed E-state index contributed by atoms with van der Waals surface area (Å²) >= 11 is 5.97. The molecule has 0 aliphatic carbocycles. The molecule has 0 heterocycles. The number of carbonyl (C=O) groups is 1. The molecular formula is C13H19ClN2O2. The van der Waals surface area contributed by atoms with E-state index in [1.165, 1.54) is 0 Å². The van der Waals surface area contributed by atoms with E-state index in [4.69, 9.17) is 16.7 Å². The Morgan fingerprint density at radius 3 is 2.83 bits per heavy atom. The van der Waals surface area contributed by atoms with Gasteiger partial charge >= 0.3 is 6.03 Å². The Hall–Kier alpha value is -1.26. The number of aliphatic hydroxyl groups is 1. The number of halogens is 1. The van der Waals surface area contributed by atoms with E-state index in [9.17, 15) is 4.79 Å². The number of anilines is 1. The van der Waals surface area contributed by atoms with Gasteiger partial charge in [0, 0.05) is 23.4 Å². The number of nitrogens with one attached hydrogen (secondary N) is 2. The number of aryl methyl sites for hydroxylation is 1. The van der Waals surface area contributed by atoms with Crippen LogP contribution < -0.4 is 10.6 Å². The van der Waals surface area contributed by atoms with Crippen LogP contribution in [-0.2, 0) is 0 Å². The van der Waals surface area contributed by atoms with Crippen LogP contribution in [0.2, 0.25) is 5.02 Å². The van der Waals surface area contributed by atoms with Gasteiger partial charge in [-0.15, -0.1) is 0 Å². The second-order valence-corrected chi connectivity index (χ2v) is 4.74. The van der Waals surface area contributed by atoms with Crippen LogP contribution in [0.15, 0.2) is 18.2 Å². The Balaban J connectivity index is 2.46. The van der Waals surface area contributed by atoms with Crippen molar-refractivity contribution in [1.29, 1.82) is 0 Å². The van der Waals surface area contributed by atoms with Crippen LogP contribution in [0.4, 0.5) is 10.5 Å². The standard InChI is InChI=1S/C13H19ClN2O2/c1-9-5-6-11(8-12(9)14)16-13(18)15-10(2)4-3-7-17/h5-6,8,10,17H,3-4,7H2,1-2H3,(H2,15,16,18)/t10-/m0/s1. The van der Waals surface area contributed by atoms with E-state index in [1.54, 1.807) is 12.1 Å². The fourth-order valence-electron chi connectivity index (χ4n) is 1.53. The minimum Gasteiger partial charge on any atom is -0.396 e. The van der Waals surface area contributed by atoms with Crippen LogP contribution in [0.3, 0.4) is 0 Å². The molecule has 100 valence electrons. The molecule has 1 aromatic rings. The summed E-state index contributed by atoms with van der Waals surface area (Å²) in [5, 5.41) is 14.8.